The predicted octanol–water partition coefficient (Wildman–Crippen LogP) is 3.37. The van der Waals surface area contributed by atoms with Crippen molar-refractivity contribution in [1.29, 1.82) is 0 Å². The van der Waals surface area contributed by atoms with E-state index in [0.29, 0.717) is 0 Å². The second kappa shape index (κ2) is 4.96. The smallest absolute Gasteiger partial charge is 0.0988 e. The molecule has 0 radical (unpaired) electrons. The molecule has 0 saturated heterocycles. The minimum atomic E-state index is 0.158. The van der Waals surface area contributed by atoms with Gasteiger partial charge in [-0.3, -0.25) is 4.98 Å². The number of aromatic nitrogens is 1. The zero-order valence-corrected chi connectivity index (χ0v) is 10.5. The Labute approximate surface area is 98.0 Å². The van der Waals surface area contributed by atoms with Crippen LogP contribution in [0.2, 0.25) is 0 Å². The van der Waals surface area contributed by atoms with Gasteiger partial charge in [-0.15, -0.1) is 0 Å². The topological polar surface area (TPSA) is 22.1 Å². The predicted molar refractivity (Wildman–Crippen MR) is 65.7 cm³/mol. The summed E-state index contributed by atoms with van der Waals surface area (Å²) in [6.45, 7) is 4.35. The molecule has 2 heteroatoms. The van der Waals surface area contributed by atoms with Crippen LogP contribution in [0.25, 0.3) is 0 Å². The van der Waals surface area contributed by atoms with Gasteiger partial charge in [-0.25, -0.2) is 0 Å². The fourth-order valence-electron chi connectivity index (χ4n) is 2.60. The number of fused-ring (bicyclic) bond motifs is 1. The molecule has 2 rings (SSSR count). The standard InChI is InChI=1S/C14H21NO/c1-4-14(16-3)13-9-10(2)11-7-5-6-8-12(11)15-13/h9,14H,4-8H2,1-3H3. The molecule has 1 aromatic rings. The molecular weight excluding hydrogens is 198 g/mol. The lowest BCUT2D eigenvalue weighted by molar-refractivity contribution is 0.0962. The lowest BCUT2D eigenvalue weighted by atomic mass is 9.91. The van der Waals surface area contributed by atoms with Crippen LogP contribution in [0.5, 0.6) is 0 Å². The third kappa shape index (κ3) is 2.12. The van der Waals surface area contributed by atoms with Gasteiger partial charge in [0, 0.05) is 12.8 Å². The summed E-state index contributed by atoms with van der Waals surface area (Å²) in [6, 6.07) is 2.21. The molecule has 0 N–H and O–H groups in total. The van der Waals surface area contributed by atoms with Gasteiger partial charge in [0.05, 0.1) is 11.8 Å². The Balaban J connectivity index is 2.38. The average Bonchev–Trinajstić information content (AvgIpc) is 2.31. The van der Waals surface area contributed by atoms with E-state index in [1.807, 2.05) is 0 Å². The van der Waals surface area contributed by atoms with Crippen molar-refractivity contribution < 1.29 is 4.74 Å². The molecule has 2 nitrogen and oxygen atoms in total. The molecule has 1 aromatic heterocycles. The summed E-state index contributed by atoms with van der Waals surface area (Å²) >= 11 is 0. The van der Waals surface area contributed by atoms with Crippen molar-refractivity contribution in [2.24, 2.45) is 0 Å². The Morgan fingerprint density at radius 3 is 2.81 bits per heavy atom. The normalized spacial score (nSPS) is 16.9. The fourth-order valence-corrected chi connectivity index (χ4v) is 2.60. The van der Waals surface area contributed by atoms with E-state index >= 15 is 0 Å². The first-order chi connectivity index (χ1) is 7.76. The molecule has 0 fully saturated rings. The van der Waals surface area contributed by atoms with Gasteiger partial charge in [-0.2, -0.15) is 0 Å². The van der Waals surface area contributed by atoms with Crippen LogP contribution in [0.1, 0.15) is 54.8 Å². The number of aryl methyl sites for hydroxylation is 2. The van der Waals surface area contributed by atoms with Crippen molar-refractivity contribution in [3.63, 3.8) is 0 Å². The van der Waals surface area contributed by atoms with E-state index in [9.17, 15) is 0 Å². The molecule has 1 aliphatic rings. The van der Waals surface area contributed by atoms with Gasteiger partial charge in [0.2, 0.25) is 0 Å². The molecule has 0 aliphatic heterocycles. The molecule has 0 spiro atoms. The summed E-state index contributed by atoms with van der Waals surface area (Å²) in [7, 11) is 1.77. The number of ether oxygens (including phenoxy) is 1. The molecule has 88 valence electrons. The van der Waals surface area contributed by atoms with Gasteiger partial charge in [-0.1, -0.05) is 6.92 Å². The molecule has 1 atom stereocenters. The molecule has 1 unspecified atom stereocenters. The molecule has 0 aromatic carbocycles. The molecule has 0 bridgehead atoms. The number of nitrogens with zero attached hydrogens (tertiary/aromatic N) is 1. The molecule has 1 heterocycles. The van der Waals surface area contributed by atoms with Gasteiger partial charge in [0.25, 0.3) is 0 Å². The summed E-state index contributed by atoms with van der Waals surface area (Å²) in [5.74, 6) is 0. The van der Waals surface area contributed by atoms with Gasteiger partial charge >= 0.3 is 0 Å². The summed E-state index contributed by atoms with van der Waals surface area (Å²) < 4.78 is 5.47. The first kappa shape index (κ1) is 11.6. The SMILES string of the molecule is CCC(OC)c1cc(C)c2c(n1)CCCC2. The third-order valence-corrected chi connectivity index (χ3v) is 3.53. The summed E-state index contributed by atoms with van der Waals surface area (Å²) in [4.78, 5) is 4.79. The van der Waals surface area contributed by atoms with E-state index in [-0.39, 0.29) is 6.10 Å². The summed E-state index contributed by atoms with van der Waals surface area (Å²) in [5, 5.41) is 0. The number of pyridine rings is 1. The molecule has 0 saturated carbocycles. The highest BCUT2D eigenvalue weighted by molar-refractivity contribution is 5.34. The first-order valence-electron chi connectivity index (χ1n) is 6.28. The molecule has 16 heavy (non-hydrogen) atoms. The maximum atomic E-state index is 5.47. The summed E-state index contributed by atoms with van der Waals surface area (Å²) in [5.41, 5.74) is 5.32. The lowest BCUT2D eigenvalue weighted by Gasteiger charge is -2.21. The zero-order valence-electron chi connectivity index (χ0n) is 10.5. The summed E-state index contributed by atoms with van der Waals surface area (Å²) in [6.07, 6.45) is 6.10. The Bertz CT molecular complexity index is 369. The van der Waals surface area contributed by atoms with Crippen LogP contribution >= 0.6 is 0 Å². The van der Waals surface area contributed by atoms with Gasteiger partial charge < -0.3 is 4.74 Å². The van der Waals surface area contributed by atoms with Crippen molar-refractivity contribution in [3.8, 4) is 0 Å². The number of hydrogen-bond donors (Lipinski definition) is 0. The van der Waals surface area contributed by atoms with Gasteiger partial charge in [-0.05, 0) is 56.2 Å². The number of rotatable bonds is 3. The quantitative estimate of drug-likeness (QED) is 0.777. The van der Waals surface area contributed by atoms with Crippen molar-refractivity contribution >= 4 is 0 Å². The highest BCUT2D eigenvalue weighted by Crippen LogP contribution is 2.27. The Morgan fingerprint density at radius 1 is 1.38 bits per heavy atom. The van der Waals surface area contributed by atoms with Crippen molar-refractivity contribution in [1.82, 2.24) is 4.98 Å². The van der Waals surface area contributed by atoms with E-state index in [4.69, 9.17) is 9.72 Å². The average molecular weight is 219 g/mol. The maximum Gasteiger partial charge on any atom is 0.0988 e. The van der Waals surface area contributed by atoms with E-state index in [0.717, 1.165) is 18.5 Å². The first-order valence-corrected chi connectivity index (χ1v) is 6.28. The number of methoxy groups -OCH3 is 1. The minimum absolute atomic E-state index is 0.158. The van der Waals surface area contributed by atoms with E-state index < -0.39 is 0 Å². The van der Waals surface area contributed by atoms with Crippen LogP contribution in [-0.4, -0.2) is 12.1 Å². The second-order valence-electron chi connectivity index (χ2n) is 4.63. The largest absolute Gasteiger partial charge is 0.375 e. The van der Waals surface area contributed by atoms with E-state index in [1.165, 1.54) is 36.1 Å². The van der Waals surface area contributed by atoms with Crippen LogP contribution in [0.3, 0.4) is 0 Å². The Morgan fingerprint density at radius 2 is 2.12 bits per heavy atom. The highest BCUT2D eigenvalue weighted by atomic mass is 16.5. The third-order valence-electron chi connectivity index (χ3n) is 3.53. The van der Waals surface area contributed by atoms with Crippen LogP contribution in [0, 0.1) is 6.92 Å². The van der Waals surface area contributed by atoms with Gasteiger partial charge in [0.15, 0.2) is 0 Å². The maximum absolute atomic E-state index is 5.47. The Hall–Kier alpha value is -0.890. The van der Waals surface area contributed by atoms with Gasteiger partial charge in [0.1, 0.15) is 0 Å². The number of hydrogen-bond acceptors (Lipinski definition) is 2. The second-order valence-corrected chi connectivity index (χ2v) is 4.63. The zero-order chi connectivity index (χ0) is 11.5. The highest BCUT2D eigenvalue weighted by Gasteiger charge is 2.17. The van der Waals surface area contributed by atoms with E-state index in [1.54, 1.807) is 7.11 Å². The molecular formula is C14H21NO. The monoisotopic (exact) mass is 219 g/mol. The van der Waals surface area contributed by atoms with Crippen molar-refractivity contribution in [2.75, 3.05) is 7.11 Å². The van der Waals surface area contributed by atoms with Crippen LogP contribution in [-0.2, 0) is 17.6 Å². The van der Waals surface area contributed by atoms with Crippen molar-refractivity contribution in [3.05, 3.63) is 28.6 Å². The molecule has 0 amide bonds. The van der Waals surface area contributed by atoms with Crippen LogP contribution in [0.4, 0.5) is 0 Å². The Kier molecular flexibility index (Phi) is 3.59. The van der Waals surface area contributed by atoms with E-state index in [2.05, 4.69) is 19.9 Å². The fraction of sp³-hybridized carbons (Fsp3) is 0.643. The van der Waals surface area contributed by atoms with Crippen LogP contribution < -0.4 is 0 Å². The van der Waals surface area contributed by atoms with Crippen LogP contribution in [0.15, 0.2) is 6.07 Å². The lowest BCUT2D eigenvalue weighted by Crippen LogP contribution is -2.12. The molecule has 1 aliphatic carbocycles. The minimum Gasteiger partial charge on any atom is -0.375 e. The van der Waals surface area contributed by atoms with Crippen molar-refractivity contribution in [2.45, 2.75) is 52.1 Å².